The number of carbonyl (C=O) groups is 1. The number of aliphatic hydroxyl groups is 1. The van der Waals surface area contributed by atoms with Gasteiger partial charge in [-0.25, -0.2) is 5.48 Å². The van der Waals surface area contributed by atoms with Crippen LogP contribution in [-0.4, -0.2) is 50.6 Å². The zero-order valence-corrected chi connectivity index (χ0v) is 20.1. The van der Waals surface area contributed by atoms with Gasteiger partial charge in [0.15, 0.2) is 0 Å². The summed E-state index contributed by atoms with van der Waals surface area (Å²) in [6, 6.07) is 8.72. The molecule has 0 radical (unpaired) electrons. The molecule has 7 heteroatoms. The number of nitrogens with zero attached hydrogens (tertiary/aromatic N) is 3. The van der Waals surface area contributed by atoms with Crippen molar-refractivity contribution in [2.24, 2.45) is 5.92 Å². The van der Waals surface area contributed by atoms with Gasteiger partial charge < -0.3 is 5.11 Å². The Morgan fingerprint density at radius 3 is 2.73 bits per heavy atom. The fourth-order valence-electron chi connectivity index (χ4n) is 4.89. The minimum absolute atomic E-state index is 0.232. The summed E-state index contributed by atoms with van der Waals surface area (Å²) in [5.41, 5.74) is 7.55. The summed E-state index contributed by atoms with van der Waals surface area (Å²) in [6.07, 6.45) is 8.21. The predicted molar refractivity (Wildman–Crippen MR) is 130 cm³/mol. The van der Waals surface area contributed by atoms with E-state index in [1.165, 1.54) is 29.3 Å². The number of likely N-dealkylation sites (tertiary alicyclic amines) is 1. The third-order valence-electron chi connectivity index (χ3n) is 6.95. The number of aryl methyl sites for hydroxylation is 1. The van der Waals surface area contributed by atoms with Crippen LogP contribution in [0.2, 0.25) is 0 Å². The Kier molecular flexibility index (Phi) is 9.23. The first-order valence-corrected chi connectivity index (χ1v) is 12.1. The first-order chi connectivity index (χ1) is 16.0. The molecule has 1 aliphatic rings. The molecule has 1 saturated heterocycles. The maximum absolute atomic E-state index is 11.2. The molecular weight excluding hydrogens is 416 g/mol. The van der Waals surface area contributed by atoms with Crippen LogP contribution in [-0.2, 0) is 17.8 Å². The third-order valence-corrected chi connectivity index (χ3v) is 6.95. The number of hydrogen-bond donors (Lipinski definition) is 3. The van der Waals surface area contributed by atoms with E-state index in [0.29, 0.717) is 12.0 Å². The van der Waals surface area contributed by atoms with Crippen molar-refractivity contribution in [3.63, 3.8) is 0 Å². The highest BCUT2D eigenvalue weighted by Crippen LogP contribution is 2.32. The summed E-state index contributed by atoms with van der Waals surface area (Å²) in [5.74, 6) is -0.0757. The maximum atomic E-state index is 11.2. The van der Waals surface area contributed by atoms with Gasteiger partial charge in [0, 0.05) is 37.5 Å². The van der Waals surface area contributed by atoms with Crippen LogP contribution in [0.1, 0.15) is 66.7 Å². The maximum Gasteiger partial charge on any atom is 0.267 e. The Balaban J connectivity index is 1.63. The second-order valence-corrected chi connectivity index (χ2v) is 9.04. The first kappa shape index (κ1) is 25.1. The van der Waals surface area contributed by atoms with Crippen molar-refractivity contribution in [3.05, 3.63) is 58.4 Å². The van der Waals surface area contributed by atoms with Crippen molar-refractivity contribution in [1.29, 1.82) is 0 Å². The topological polar surface area (TPSA) is 90.6 Å². The molecule has 3 rings (SSSR count). The van der Waals surface area contributed by atoms with Crippen molar-refractivity contribution in [2.45, 2.75) is 65.5 Å². The van der Waals surface area contributed by atoms with E-state index >= 15 is 0 Å². The first-order valence-electron chi connectivity index (χ1n) is 12.1. The molecule has 180 valence electrons. The monoisotopic (exact) mass is 454 g/mol. The summed E-state index contributed by atoms with van der Waals surface area (Å²) in [6.45, 7) is 9.67. The van der Waals surface area contributed by atoms with Gasteiger partial charge in [0.2, 0.25) is 0 Å². The molecule has 1 unspecified atom stereocenters. The molecule has 1 aromatic carbocycles. The molecule has 1 fully saturated rings. The quantitative estimate of drug-likeness (QED) is 0.273. The lowest BCUT2D eigenvalue weighted by molar-refractivity contribution is -0.124. The van der Waals surface area contributed by atoms with Gasteiger partial charge in [-0.05, 0) is 74.8 Å². The van der Waals surface area contributed by atoms with Crippen LogP contribution in [0.4, 0.5) is 0 Å². The van der Waals surface area contributed by atoms with Crippen LogP contribution in [0.15, 0.2) is 30.3 Å². The molecule has 1 aliphatic heterocycles. The fraction of sp³-hybridized carbons (Fsp3) is 0.538. The standard InChI is InChI=1S/C26H38N4O3/c1-4-21(14-17-31)18-30-20(3)24(19(2)27-30)13-16-29-15-5-6-25(29)23-10-7-22(8-11-23)9-12-26(32)28-33/h7-12,21,25,31,33H,4-6,13-18H2,1-3H3,(H,28,32)/b12-9+/t21?,25-/m0/s1. The van der Waals surface area contributed by atoms with Gasteiger partial charge in [-0.1, -0.05) is 37.6 Å². The van der Waals surface area contributed by atoms with E-state index in [1.807, 2.05) is 12.1 Å². The fourth-order valence-corrected chi connectivity index (χ4v) is 4.89. The van der Waals surface area contributed by atoms with Gasteiger partial charge in [-0.15, -0.1) is 0 Å². The van der Waals surface area contributed by atoms with E-state index in [4.69, 9.17) is 10.3 Å². The number of benzene rings is 1. The summed E-state index contributed by atoms with van der Waals surface area (Å²) in [5, 5.41) is 22.7. The van der Waals surface area contributed by atoms with Gasteiger partial charge in [-0.2, -0.15) is 5.10 Å². The van der Waals surface area contributed by atoms with Gasteiger partial charge in [0.05, 0.1) is 5.69 Å². The summed E-state index contributed by atoms with van der Waals surface area (Å²) in [7, 11) is 0. The molecular formula is C26H38N4O3. The zero-order valence-electron chi connectivity index (χ0n) is 20.1. The molecule has 3 N–H and O–H groups in total. The Morgan fingerprint density at radius 2 is 2.06 bits per heavy atom. The van der Waals surface area contributed by atoms with Crippen molar-refractivity contribution >= 4 is 12.0 Å². The average molecular weight is 455 g/mol. The Morgan fingerprint density at radius 1 is 1.30 bits per heavy atom. The Bertz CT molecular complexity index is 936. The summed E-state index contributed by atoms with van der Waals surface area (Å²) in [4.78, 5) is 13.7. The van der Waals surface area contributed by atoms with E-state index in [0.717, 1.165) is 56.6 Å². The van der Waals surface area contributed by atoms with Crippen LogP contribution >= 0.6 is 0 Å². The SMILES string of the molecule is CCC(CCO)Cn1nc(C)c(CCN2CCC[C@H]2c2ccc(/C=C/C(=O)NO)cc2)c1C. The highest BCUT2D eigenvalue weighted by Gasteiger charge is 2.26. The minimum Gasteiger partial charge on any atom is -0.396 e. The molecule has 0 spiro atoms. The van der Waals surface area contributed by atoms with Gasteiger partial charge in [-0.3, -0.25) is 19.6 Å². The zero-order chi connectivity index (χ0) is 23.8. The number of rotatable bonds is 11. The average Bonchev–Trinajstić information content (AvgIpc) is 3.40. The highest BCUT2D eigenvalue weighted by atomic mass is 16.5. The molecule has 7 nitrogen and oxygen atoms in total. The normalized spacial score (nSPS) is 17.7. The van der Waals surface area contributed by atoms with Crippen LogP contribution in [0.25, 0.3) is 6.08 Å². The number of nitrogens with one attached hydrogen (secondary N) is 1. The lowest BCUT2D eigenvalue weighted by Crippen LogP contribution is -2.26. The molecule has 1 aromatic heterocycles. The molecule has 0 bridgehead atoms. The summed E-state index contributed by atoms with van der Waals surface area (Å²) < 4.78 is 2.14. The molecule has 2 atom stereocenters. The second kappa shape index (κ2) is 12.1. The molecule has 2 heterocycles. The van der Waals surface area contributed by atoms with Crippen LogP contribution in [0, 0.1) is 19.8 Å². The third kappa shape index (κ3) is 6.53. The lowest BCUT2D eigenvalue weighted by atomic mass is 10.0. The number of hydrogen-bond acceptors (Lipinski definition) is 5. The van der Waals surface area contributed by atoms with Crippen molar-refractivity contribution < 1.29 is 15.1 Å². The van der Waals surface area contributed by atoms with E-state index in [1.54, 1.807) is 11.6 Å². The van der Waals surface area contributed by atoms with E-state index in [-0.39, 0.29) is 6.61 Å². The highest BCUT2D eigenvalue weighted by molar-refractivity contribution is 5.90. The number of aliphatic hydroxyl groups excluding tert-OH is 1. The number of aromatic nitrogens is 2. The molecule has 1 amide bonds. The largest absolute Gasteiger partial charge is 0.396 e. The molecule has 0 aliphatic carbocycles. The summed E-state index contributed by atoms with van der Waals surface area (Å²) >= 11 is 0. The smallest absolute Gasteiger partial charge is 0.267 e. The van der Waals surface area contributed by atoms with Crippen LogP contribution in [0.5, 0.6) is 0 Å². The second-order valence-electron chi connectivity index (χ2n) is 9.04. The van der Waals surface area contributed by atoms with Gasteiger partial charge in [0.25, 0.3) is 5.91 Å². The molecule has 0 saturated carbocycles. The van der Waals surface area contributed by atoms with Crippen molar-refractivity contribution in [3.8, 4) is 0 Å². The van der Waals surface area contributed by atoms with Crippen LogP contribution < -0.4 is 5.48 Å². The Labute approximate surface area is 197 Å². The Hall–Kier alpha value is -2.48. The van der Waals surface area contributed by atoms with E-state index in [9.17, 15) is 9.90 Å². The number of carbonyl (C=O) groups excluding carboxylic acids is 1. The van der Waals surface area contributed by atoms with Gasteiger partial charge in [0.1, 0.15) is 0 Å². The number of hydroxylamine groups is 1. The van der Waals surface area contributed by atoms with Crippen LogP contribution in [0.3, 0.4) is 0 Å². The van der Waals surface area contributed by atoms with Gasteiger partial charge >= 0.3 is 0 Å². The van der Waals surface area contributed by atoms with E-state index < -0.39 is 5.91 Å². The van der Waals surface area contributed by atoms with Crippen molar-refractivity contribution in [1.82, 2.24) is 20.2 Å². The van der Waals surface area contributed by atoms with E-state index in [2.05, 4.69) is 42.5 Å². The predicted octanol–water partition coefficient (Wildman–Crippen LogP) is 3.81. The minimum atomic E-state index is -0.534. The van der Waals surface area contributed by atoms with Crippen molar-refractivity contribution in [2.75, 3.05) is 19.7 Å². The number of amides is 1. The molecule has 33 heavy (non-hydrogen) atoms. The molecule has 2 aromatic rings. The lowest BCUT2D eigenvalue weighted by Gasteiger charge is -2.25.